The number of hydrogen-bond acceptors (Lipinski definition) is 0. The van der Waals surface area contributed by atoms with Gasteiger partial charge in [0.15, 0.2) is 0 Å². The standard InChI is InChI=1S/C32H37F/c1-3-4-6-11-30-20-21-31(23-32(30)33)29-18-16-28(17-19-29)27-14-12-25(13-15-27)22-24(2)26-9-7-5-8-10-26/h3-5,7-10,16-21,23-25,27H,6,11-15,22H2,1-2H3/t24-,25?,27?/m1/s1. The smallest absolute Gasteiger partial charge is 0.127 e. The molecule has 4 rings (SSSR count). The van der Waals surface area contributed by atoms with Crippen LogP contribution < -0.4 is 0 Å². The van der Waals surface area contributed by atoms with Crippen molar-refractivity contribution in [2.24, 2.45) is 5.92 Å². The quantitative estimate of drug-likeness (QED) is 0.306. The Morgan fingerprint density at radius 3 is 2.24 bits per heavy atom. The fourth-order valence-corrected chi connectivity index (χ4v) is 5.43. The monoisotopic (exact) mass is 440 g/mol. The molecule has 1 fully saturated rings. The van der Waals surface area contributed by atoms with Gasteiger partial charge in [-0.25, -0.2) is 4.39 Å². The molecular weight excluding hydrogens is 403 g/mol. The van der Waals surface area contributed by atoms with Crippen LogP contribution in [-0.2, 0) is 6.42 Å². The molecule has 1 saturated carbocycles. The number of halogens is 1. The molecular formula is C32H37F. The number of allylic oxidation sites excluding steroid dienone is 2. The average Bonchev–Trinajstić information content (AvgIpc) is 2.86. The second kappa shape index (κ2) is 11.5. The lowest BCUT2D eigenvalue weighted by atomic mass is 9.75. The largest absolute Gasteiger partial charge is 0.207 e. The third kappa shape index (κ3) is 6.22. The van der Waals surface area contributed by atoms with Crippen molar-refractivity contribution >= 4 is 0 Å². The van der Waals surface area contributed by atoms with Gasteiger partial charge in [0.05, 0.1) is 0 Å². The van der Waals surface area contributed by atoms with Gasteiger partial charge in [-0.2, -0.15) is 0 Å². The Balaban J connectivity index is 1.32. The molecule has 0 radical (unpaired) electrons. The van der Waals surface area contributed by atoms with Crippen molar-refractivity contribution in [1.82, 2.24) is 0 Å². The lowest BCUT2D eigenvalue weighted by molar-refractivity contribution is 0.297. The zero-order valence-electron chi connectivity index (χ0n) is 20.1. The topological polar surface area (TPSA) is 0 Å². The molecule has 3 aromatic carbocycles. The fraction of sp³-hybridized carbons (Fsp3) is 0.375. The summed E-state index contributed by atoms with van der Waals surface area (Å²) in [6, 6.07) is 25.5. The Labute approximate surface area is 199 Å². The molecule has 1 aliphatic rings. The van der Waals surface area contributed by atoms with Crippen LogP contribution in [-0.4, -0.2) is 0 Å². The van der Waals surface area contributed by atoms with E-state index in [-0.39, 0.29) is 5.82 Å². The lowest BCUT2D eigenvalue weighted by Crippen LogP contribution is -2.15. The molecule has 1 aliphatic carbocycles. The molecule has 0 bridgehead atoms. The van der Waals surface area contributed by atoms with Gasteiger partial charge in [-0.1, -0.05) is 85.8 Å². The highest BCUT2D eigenvalue weighted by atomic mass is 19.1. The van der Waals surface area contributed by atoms with E-state index in [0.717, 1.165) is 35.4 Å². The first-order valence-corrected chi connectivity index (χ1v) is 12.7. The molecule has 0 aliphatic heterocycles. The maximum Gasteiger partial charge on any atom is 0.127 e. The third-order valence-corrected chi connectivity index (χ3v) is 7.49. The molecule has 0 spiro atoms. The number of aryl methyl sites for hydroxylation is 1. The van der Waals surface area contributed by atoms with Gasteiger partial charge in [0.2, 0.25) is 0 Å². The van der Waals surface area contributed by atoms with Gasteiger partial charge >= 0.3 is 0 Å². The van der Waals surface area contributed by atoms with E-state index in [9.17, 15) is 4.39 Å². The first-order chi connectivity index (χ1) is 16.1. The van der Waals surface area contributed by atoms with Gasteiger partial charge in [0, 0.05) is 0 Å². The van der Waals surface area contributed by atoms with Crippen LogP contribution in [0.15, 0.2) is 84.9 Å². The molecule has 0 heterocycles. The van der Waals surface area contributed by atoms with Crippen LogP contribution in [0.3, 0.4) is 0 Å². The van der Waals surface area contributed by atoms with Gasteiger partial charge in [0.25, 0.3) is 0 Å². The van der Waals surface area contributed by atoms with Crippen molar-refractivity contribution in [2.45, 2.75) is 70.6 Å². The van der Waals surface area contributed by atoms with Crippen LogP contribution >= 0.6 is 0 Å². The lowest BCUT2D eigenvalue weighted by Gasteiger charge is -2.30. The molecule has 0 aromatic heterocycles. The van der Waals surface area contributed by atoms with E-state index in [1.165, 1.54) is 43.2 Å². The molecule has 0 nitrogen and oxygen atoms in total. The number of benzene rings is 3. The van der Waals surface area contributed by atoms with Crippen LogP contribution in [0.5, 0.6) is 0 Å². The van der Waals surface area contributed by atoms with Crippen LogP contribution in [0, 0.1) is 11.7 Å². The minimum atomic E-state index is -0.0934. The number of rotatable bonds is 8. The summed E-state index contributed by atoms with van der Waals surface area (Å²) in [5.74, 6) is 2.05. The minimum Gasteiger partial charge on any atom is -0.207 e. The second-order valence-corrected chi connectivity index (χ2v) is 9.80. The van der Waals surface area contributed by atoms with Crippen molar-refractivity contribution in [2.75, 3.05) is 0 Å². The van der Waals surface area contributed by atoms with Crippen molar-refractivity contribution in [3.63, 3.8) is 0 Å². The van der Waals surface area contributed by atoms with E-state index in [1.807, 2.05) is 19.1 Å². The first-order valence-electron chi connectivity index (χ1n) is 12.7. The van der Waals surface area contributed by atoms with E-state index >= 15 is 0 Å². The van der Waals surface area contributed by atoms with E-state index < -0.39 is 0 Å². The summed E-state index contributed by atoms with van der Waals surface area (Å²) < 4.78 is 14.5. The van der Waals surface area contributed by atoms with Gasteiger partial charge in [-0.05, 0) is 104 Å². The van der Waals surface area contributed by atoms with Crippen molar-refractivity contribution in [3.8, 4) is 11.1 Å². The summed E-state index contributed by atoms with van der Waals surface area (Å²) in [7, 11) is 0. The maximum atomic E-state index is 14.5. The predicted octanol–water partition coefficient (Wildman–Crippen LogP) is 9.47. The van der Waals surface area contributed by atoms with E-state index in [0.29, 0.717) is 11.8 Å². The highest BCUT2D eigenvalue weighted by molar-refractivity contribution is 5.64. The van der Waals surface area contributed by atoms with Crippen molar-refractivity contribution in [3.05, 3.63) is 107 Å². The summed E-state index contributed by atoms with van der Waals surface area (Å²) in [5, 5.41) is 0. The summed E-state index contributed by atoms with van der Waals surface area (Å²) in [5.41, 5.74) is 5.77. The molecule has 0 saturated heterocycles. The van der Waals surface area contributed by atoms with E-state index in [2.05, 4.69) is 73.7 Å². The van der Waals surface area contributed by atoms with Gasteiger partial charge in [-0.15, -0.1) is 0 Å². The fourth-order valence-electron chi connectivity index (χ4n) is 5.43. The average molecular weight is 441 g/mol. The summed E-state index contributed by atoms with van der Waals surface area (Å²) in [4.78, 5) is 0. The molecule has 0 N–H and O–H groups in total. The third-order valence-electron chi connectivity index (χ3n) is 7.49. The SMILES string of the molecule is CC=CCCc1ccc(-c2ccc(C3CCC(C[C@@H](C)c4ccccc4)CC3)cc2)cc1F. The highest BCUT2D eigenvalue weighted by Gasteiger charge is 2.24. The first kappa shape index (κ1) is 23.5. The summed E-state index contributed by atoms with van der Waals surface area (Å²) >= 11 is 0. The second-order valence-electron chi connectivity index (χ2n) is 9.80. The van der Waals surface area contributed by atoms with Gasteiger partial charge in [-0.3, -0.25) is 0 Å². The summed E-state index contributed by atoms with van der Waals surface area (Å²) in [6.45, 7) is 4.37. The summed E-state index contributed by atoms with van der Waals surface area (Å²) in [6.07, 6.45) is 12.2. The molecule has 0 unspecified atom stereocenters. The number of hydrogen-bond donors (Lipinski definition) is 0. The Kier molecular flexibility index (Phi) is 8.15. The van der Waals surface area contributed by atoms with Crippen LogP contribution in [0.2, 0.25) is 0 Å². The molecule has 1 heteroatoms. The Bertz CT molecular complexity index is 1020. The highest BCUT2D eigenvalue weighted by Crippen LogP contribution is 2.40. The predicted molar refractivity (Wildman–Crippen MR) is 139 cm³/mol. The molecule has 33 heavy (non-hydrogen) atoms. The van der Waals surface area contributed by atoms with Gasteiger partial charge in [0.1, 0.15) is 5.82 Å². The van der Waals surface area contributed by atoms with Crippen LogP contribution in [0.1, 0.15) is 80.9 Å². The molecule has 1 atom stereocenters. The van der Waals surface area contributed by atoms with Gasteiger partial charge < -0.3 is 0 Å². The van der Waals surface area contributed by atoms with E-state index in [4.69, 9.17) is 0 Å². The normalized spacial score (nSPS) is 19.6. The Morgan fingerprint density at radius 2 is 1.58 bits per heavy atom. The minimum absolute atomic E-state index is 0.0934. The Hall–Kier alpha value is -2.67. The molecule has 3 aromatic rings. The van der Waals surface area contributed by atoms with Crippen LogP contribution in [0.25, 0.3) is 11.1 Å². The zero-order valence-corrected chi connectivity index (χ0v) is 20.1. The van der Waals surface area contributed by atoms with Crippen LogP contribution in [0.4, 0.5) is 4.39 Å². The molecule has 172 valence electrons. The van der Waals surface area contributed by atoms with E-state index in [1.54, 1.807) is 6.07 Å². The zero-order chi connectivity index (χ0) is 23.0. The Morgan fingerprint density at radius 1 is 0.879 bits per heavy atom. The van der Waals surface area contributed by atoms with Crippen molar-refractivity contribution < 1.29 is 4.39 Å². The van der Waals surface area contributed by atoms with Crippen molar-refractivity contribution in [1.29, 1.82) is 0 Å². The maximum absolute atomic E-state index is 14.5. The molecule has 0 amide bonds.